The molecule has 0 saturated carbocycles. The molecule has 0 bridgehead atoms. The van der Waals surface area contributed by atoms with E-state index in [9.17, 15) is 10.1 Å². The van der Waals surface area contributed by atoms with Gasteiger partial charge in [-0.3, -0.25) is 14.7 Å². The van der Waals surface area contributed by atoms with Gasteiger partial charge in [-0.05, 0) is 56.2 Å². The molecule has 8 nitrogen and oxygen atoms in total. The summed E-state index contributed by atoms with van der Waals surface area (Å²) < 4.78 is 13.3. The lowest BCUT2D eigenvalue weighted by atomic mass is 10.1. The molecule has 1 aromatic heterocycles. The first kappa shape index (κ1) is 24.6. The molecule has 2 aromatic carbocycles. The highest BCUT2D eigenvalue weighted by Gasteiger charge is 2.26. The highest BCUT2D eigenvalue weighted by atomic mass is 35.5. The molecule has 3 rings (SSSR count). The number of ether oxygens (including phenoxy) is 2. The van der Waals surface area contributed by atoms with Crippen LogP contribution in [0.5, 0.6) is 11.5 Å². The van der Waals surface area contributed by atoms with E-state index in [1.54, 1.807) is 18.2 Å². The van der Waals surface area contributed by atoms with E-state index in [2.05, 4.69) is 16.8 Å². The van der Waals surface area contributed by atoms with Crippen molar-refractivity contribution < 1.29 is 14.4 Å². The number of hydrogen-bond donors (Lipinski definition) is 0. The Morgan fingerprint density at radius 3 is 2.73 bits per heavy atom. The van der Waals surface area contributed by atoms with Crippen LogP contribution in [0.15, 0.2) is 54.2 Å². The standard InChI is InChI=1S/C23H25ClN4O4S/c1-5-10-32-22-19(24)12-17(13-20(22)31-6-2)21(14-27(29)30)33-23-26-25-16(4)28(23)18-9-7-8-15(3)11-18/h5,7-9,11-13,21H,1,6,10,14H2,2-4H3/t21-/m1/s1. The minimum Gasteiger partial charge on any atom is -0.490 e. The van der Waals surface area contributed by atoms with Crippen molar-refractivity contribution in [2.75, 3.05) is 19.8 Å². The average Bonchev–Trinajstić information content (AvgIpc) is 3.12. The summed E-state index contributed by atoms with van der Waals surface area (Å²) in [6.45, 7) is 9.64. The molecule has 0 aliphatic rings. The summed E-state index contributed by atoms with van der Waals surface area (Å²) in [5, 5.41) is 20.3. The van der Waals surface area contributed by atoms with Gasteiger partial charge in [-0.15, -0.1) is 10.2 Å². The molecule has 0 radical (unpaired) electrons. The first-order chi connectivity index (χ1) is 15.8. The predicted molar refractivity (Wildman–Crippen MR) is 130 cm³/mol. The monoisotopic (exact) mass is 488 g/mol. The molecule has 0 aliphatic heterocycles. The third-order valence-corrected chi connectivity index (χ3v) is 6.13. The second-order valence-corrected chi connectivity index (χ2v) is 8.77. The van der Waals surface area contributed by atoms with Crippen LogP contribution in [0.25, 0.3) is 5.69 Å². The zero-order valence-corrected chi connectivity index (χ0v) is 20.2. The summed E-state index contributed by atoms with van der Waals surface area (Å²) in [5.41, 5.74) is 2.61. The van der Waals surface area contributed by atoms with Crippen molar-refractivity contribution in [1.82, 2.24) is 14.8 Å². The van der Waals surface area contributed by atoms with Crippen LogP contribution < -0.4 is 9.47 Å². The Balaban J connectivity index is 2.03. The van der Waals surface area contributed by atoms with Gasteiger partial charge >= 0.3 is 0 Å². The van der Waals surface area contributed by atoms with E-state index >= 15 is 0 Å². The Morgan fingerprint density at radius 1 is 1.27 bits per heavy atom. The second-order valence-electron chi connectivity index (χ2n) is 7.19. The van der Waals surface area contributed by atoms with Gasteiger partial charge in [0.1, 0.15) is 17.7 Å². The number of nitro groups is 1. The van der Waals surface area contributed by atoms with Crippen molar-refractivity contribution in [3.05, 3.63) is 81.1 Å². The lowest BCUT2D eigenvalue weighted by molar-refractivity contribution is -0.479. The van der Waals surface area contributed by atoms with Gasteiger partial charge in [-0.1, -0.05) is 48.2 Å². The lowest BCUT2D eigenvalue weighted by Crippen LogP contribution is -2.12. The van der Waals surface area contributed by atoms with E-state index in [1.807, 2.05) is 49.6 Å². The zero-order valence-electron chi connectivity index (χ0n) is 18.7. The molecule has 0 fully saturated rings. The van der Waals surface area contributed by atoms with Crippen molar-refractivity contribution in [2.24, 2.45) is 0 Å². The van der Waals surface area contributed by atoms with E-state index in [1.165, 1.54) is 11.8 Å². The van der Waals surface area contributed by atoms with Crippen LogP contribution in [0.3, 0.4) is 0 Å². The number of benzene rings is 2. The van der Waals surface area contributed by atoms with Crippen molar-refractivity contribution in [3.63, 3.8) is 0 Å². The predicted octanol–water partition coefficient (Wildman–Crippen LogP) is 5.61. The second kappa shape index (κ2) is 11.2. The summed E-state index contributed by atoms with van der Waals surface area (Å²) in [6, 6.07) is 11.3. The fraction of sp³-hybridized carbons (Fsp3) is 0.304. The quantitative estimate of drug-likeness (QED) is 0.150. The fourth-order valence-electron chi connectivity index (χ4n) is 3.28. The van der Waals surface area contributed by atoms with Crippen LogP contribution in [0.4, 0.5) is 0 Å². The van der Waals surface area contributed by atoms with Crippen LogP contribution in [-0.4, -0.2) is 39.4 Å². The number of thioether (sulfide) groups is 1. The Bertz CT molecular complexity index is 1150. The van der Waals surface area contributed by atoms with Crippen molar-refractivity contribution in [3.8, 4) is 17.2 Å². The van der Waals surface area contributed by atoms with Gasteiger partial charge < -0.3 is 9.47 Å². The zero-order chi connectivity index (χ0) is 24.0. The van der Waals surface area contributed by atoms with Gasteiger partial charge in [-0.25, -0.2) is 0 Å². The van der Waals surface area contributed by atoms with E-state index < -0.39 is 5.25 Å². The van der Waals surface area contributed by atoms with E-state index in [4.69, 9.17) is 21.1 Å². The Morgan fingerprint density at radius 2 is 2.06 bits per heavy atom. The normalized spacial score (nSPS) is 11.8. The number of nitrogens with zero attached hydrogens (tertiary/aromatic N) is 4. The highest BCUT2D eigenvalue weighted by molar-refractivity contribution is 7.99. The first-order valence-corrected chi connectivity index (χ1v) is 11.6. The molecule has 0 spiro atoms. The minimum absolute atomic E-state index is 0.255. The van der Waals surface area contributed by atoms with E-state index in [0.717, 1.165) is 11.3 Å². The van der Waals surface area contributed by atoms with Crippen molar-refractivity contribution in [1.29, 1.82) is 0 Å². The summed E-state index contributed by atoms with van der Waals surface area (Å²) in [4.78, 5) is 11.2. The summed E-state index contributed by atoms with van der Waals surface area (Å²) in [5.74, 6) is 1.49. The third-order valence-electron chi connectivity index (χ3n) is 4.67. The molecule has 174 valence electrons. The molecule has 0 saturated heterocycles. The number of rotatable bonds is 11. The maximum Gasteiger partial charge on any atom is 0.220 e. The molecule has 1 heterocycles. The molecule has 3 aromatic rings. The molecular formula is C23H25ClN4O4S. The largest absolute Gasteiger partial charge is 0.490 e. The number of aromatic nitrogens is 3. The molecular weight excluding hydrogens is 464 g/mol. The number of aryl methyl sites for hydroxylation is 2. The molecule has 1 atom stereocenters. The molecule has 0 N–H and O–H groups in total. The molecule has 33 heavy (non-hydrogen) atoms. The molecule has 10 heteroatoms. The van der Waals surface area contributed by atoms with Gasteiger partial charge in [0, 0.05) is 10.6 Å². The summed E-state index contributed by atoms with van der Waals surface area (Å²) >= 11 is 7.74. The van der Waals surface area contributed by atoms with Gasteiger partial charge in [-0.2, -0.15) is 0 Å². The van der Waals surface area contributed by atoms with Crippen LogP contribution in [0.2, 0.25) is 5.02 Å². The summed E-state index contributed by atoms with van der Waals surface area (Å²) in [7, 11) is 0. The van der Waals surface area contributed by atoms with E-state index in [0.29, 0.717) is 39.7 Å². The van der Waals surface area contributed by atoms with Gasteiger partial charge in [0.15, 0.2) is 16.7 Å². The Labute approximate surface area is 201 Å². The van der Waals surface area contributed by atoms with Gasteiger partial charge in [0.2, 0.25) is 6.54 Å². The number of hydrogen-bond acceptors (Lipinski definition) is 7. The minimum atomic E-state index is -0.586. The van der Waals surface area contributed by atoms with Crippen LogP contribution >= 0.6 is 23.4 Å². The summed E-state index contributed by atoms with van der Waals surface area (Å²) in [6.07, 6.45) is 1.60. The first-order valence-electron chi connectivity index (χ1n) is 10.3. The van der Waals surface area contributed by atoms with Gasteiger partial charge in [0.25, 0.3) is 0 Å². The van der Waals surface area contributed by atoms with Crippen LogP contribution in [0, 0.1) is 24.0 Å². The maximum absolute atomic E-state index is 11.5. The maximum atomic E-state index is 11.5. The van der Waals surface area contributed by atoms with Crippen LogP contribution in [0.1, 0.15) is 29.1 Å². The molecule has 0 aliphatic carbocycles. The van der Waals surface area contributed by atoms with Crippen LogP contribution in [-0.2, 0) is 0 Å². The Hall–Kier alpha value is -3.04. The lowest BCUT2D eigenvalue weighted by Gasteiger charge is -2.18. The number of halogens is 1. The van der Waals surface area contributed by atoms with Gasteiger partial charge in [0.05, 0.1) is 11.6 Å². The smallest absolute Gasteiger partial charge is 0.220 e. The highest BCUT2D eigenvalue weighted by Crippen LogP contribution is 2.43. The fourth-order valence-corrected chi connectivity index (χ4v) is 4.70. The average molecular weight is 489 g/mol. The molecule has 0 amide bonds. The SMILES string of the molecule is C=CCOc1c(Cl)cc([C@@H](C[N+](=O)[O-])Sc2nnc(C)n2-c2cccc(C)c2)cc1OCC. The van der Waals surface area contributed by atoms with Crippen molar-refractivity contribution in [2.45, 2.75) is 31.2 Å². The molecule has 0 unspecified atom stereocenters. The topological polar surface area (TPSA) is 92.3 Å². The van der Waals surface area contributed by atoms with E-state index in [-0.39, 0.29) is 18.1 Å². The Kier molecular flexibility index (Phi) is 8.35. The van der Waals surface area contributed by atoms with Crippen molar-refractivity contribution >= 4 is 23.4 Å². The third kappa shape index (κ3) is 6.06.